The summed E-state index contributed by atoms with van der Waals surface area (Å²) in [7, 11) is 1.54. The predicted molar refractivity (Wildman–Crippen MR) is 111 cm³/mol. The Morgan fingerprint density at radius 3 is 2.31 bits per heavy atom. The van der Waals surface area contributed by atoms with E-state index >= 15 is 0 Å². The second-order valence-corrected chi connectivity index (χ2v) is 6.66. The quantitative estimate of drug-likeness (QED) is 0.640. The lowest BCUT2D eigenvalue weighted by Crippen LogP contribution is -2.44. The maximum atomic E-state index is 12.6. The van der Waals surface area contributed by atoms with Crippen LogP contribution in [0.25, 0.3) is 0 Å². The predicted octanol–water partition coefficient (Wildman–Crippen LogP) is 1.77. The van der Waals surface area contributed by atoms with Crippen LogP contribution in [0.4, 0.5) is 5.69 Å². The molecule has 2 aromatic carbocycles. The highest BCUT2D eigenvalue weighted by atomic mass is 16.5. The van der Waals surface area contributed by atoms with Crippen LogP contribution in [0, 0.1) is 6.92 Å². The monoisotopic (exact) mass is 397 g/mol. The van der Waals surface area contributed by atoms with Crippen LogP contribution < -0.4 is 10.6 Å². The minimum Gasteiger partial charge on any atom is -0.383 e. The molecule has 0 saturated carbocycles. The van der Waals surface area contributed by atoms with Crippen LogP contribution in [0.15, 0.2) is 54.6 Å². The van der Waals surface area contributed by atoms with Gasteiger partial charge < -0.3 is 20.3 Å². The summed E-state index contributed by atoms with van der Waals surface area (Å²) in [6, 6.07) is 16.7. The average molecular weight is 397 g/mol. The van der Waals surface area contributed by atoms with Crippen LogP contribution in [-0.4, -0.2) is 56.0 Å². The number of carbonyl (C=O) groups excluding carboxylic acids is 3. The number of rotatable bonds is 10. The van der Waals surface area contributed by atoms with Crippen molar-refractivity contribution in [2.75, 3.05) is 38.7 Å². The molecule has 7 nitrogen and oxygen atoms in total. The molecule has 0 aliphatic heterocycles. The highest BCUT2D eigenvalue weighted by molar-refractivity contribution is 5.95. The molecular weight excluding hydrogens is 370 g/mol. The number of ether oxygens (including phenoxy) is 1. The van der Waals surface area contributed by atoms with Crippen molar-refractivity contribution in [3.05, 3.63) is 65.7 Å². The lowest BCUT2D eigenvalue weighted by Gasteiger charge is -2.22. The Balaban J connectivity index is 1.84. The topological polar surface area (TPSA) is 87.7 Å². The van der Waals surface area contributed by atoms with E-state index < -0.39 is 5.91 Å². The van der Waals surface area contributed by atoms with Crippen molar-refractivity contribution in [2.24, 2.45) is 0 Å². The van der Waals surface area contributed by atoms with E-state index in [1.165, 1.54) is 12.0 Å². The van der Waals surface area contributed by atoms with Crippen molar-refractivity contribution in [1.82, 2.24) is 10.2 Å². The molecule has 0 fully saturated rings. The van der Waals surface area contributed by atoms with Crippen molar-refractivity contribution in [3.8, 4) is 0 Å². The van der Waals surface area contributed by atoms with Crippen molar-refractivity contribution in [3.63, 3.8) is 0 Å². The Morgan fingerprint density at radius 1 is 0.966 bits per heavy atom. The smallest absolute Gasteiger partial charge is 0.243 e. The molecule has 29 heavy (non-hydrogen) atoms. The third kappa shape index (κ3) is 8.15. The number of hydrogen-bond donors (Lipinski definition) is 2. The fraction of sp³-hybridized carbons (Fsp3) is 0.318. The molecule has 2 N–H and O–H groups in total. The lowest BCUT2D eigenvalue weighted by atomic mass is 10.1. The van der Waals surface area contributed by atoms with Crippen molar-refractivity contribution in [2.45, 2.75) is 13.3 Å². The van der Waals surface area contributed by atoms with Gasteiger partial charge in [-0.3, -0.25) is 14.4 Å². The molecule has 2 aromatic rings. The fourth-order valence-corrected chi connectivity index (χ4v) is 2.63. The van der Waals surface area contributed by atoms with Crippen LogP contribution in [-0.2, 0) is 25.5 Å². The summed E-state index contributed by atoms with van der Waals surface area (Å²) < 4.78 is 5.04. The average Bonchev–Trinajstić information content (AvgIpc) is 2.72. The van der Waals surface area contributed by atoms with Crippen LogP contribution in [0.5, 0.6) is 0 Å². The Morgan fingerprint density at radius 2 is 1.66 bits per heavy atom. The standard InChI is InChI=1S/C22H27N3O4/c1-17-8-10-19(11-9-17)24-20(26)15-23-21(27)16-25(12-13-29-2)22(28)14-18-6-4-3-5-7-18/h3-11H,12-16H2,1-2H3,(H,23,27)(H,24,26). The zero-order valence-electron chi connectivity index (χ0n) is 16.8. The molecule has 0 spiro atoms. The first kappa shape index (κ1) is 22.1. The van der Waals surface area contributed by atoms with Gasteiger partial charge in [-0.1, -0.05) is 48.0 Å². The summed E-state index contributed by atoms with van der Waals surface area (Å²) in [4.78, 5) is 38.3. The van der Waals surface area contributed by atoms with Gasteiger partial charge in [-0.05, 0) is 24.6 Å². The van der Waals surface area contributed by atoms with Gasteiger partial charge in [-0.2, -0.15) is 0 Å². The van der Waals surface area contributed by atoms with Crippen LogP contribution >= 0.6 is 0 Å². The third-order valence-corrected chi connectivity index (χ3v) is 4.23. The number of amides is 3. The molecule has 7 heteroatoms. The zero-order valence-corrected chi connectivity index (χ0v) is 16.8. The molecule has 0 heterocycles. The minimum atomic E-state index is -0.401. The normalized spacial score (nSPS) is 10.3. The first-order valence-corrected chi connectivity index (χ1v) is 9.42. The Bertz CT molecular complexity index is 807. The van der Waals surface area contributed by atoms with E-state index in [0.717, 1.165) is 11.1 Å². The molecule has 0 unspecified atom stereocenters. The summed E-state index contributed by atoms with van der Waals surface area (Å²) in [6.45, 7) is 2.28. The van der Waals surface area contributed by atoms with Crippen LogP contribution in [0.3, 0.4) is 0 Å². The van der Waals surface area contributed by atoms with E-state index in [4.69, 9.17) is 4.74 Å². The van der Waals surface area contributed by atoms with Gasteiger partial charge in [-0.15, -0.1) is 0 Å². The number of anilines is 1. The van der Waals surface area contributed by atoms with Gasteiger partial charge in [0.15, 0.2) is 0 Å². The molecular formula is C22H27N3O4. The number of nitrogens with one attached hydrogen (secondary N) is 2. The number of methoxy groups -OCH3 is 1. The molecule has 0 atom stereocenters. The van der Waals surface area contributed by atoms with Gasteiger partial charge in [0.25, 0.3) is 0 Å². The third-order valence-electron chi connectivity index (χ3n) is 4.23. The lowest BCUT2D eigenvalue weighted by molar-refractivity contribution is -0.136. The van der Waals surface area contributed by atoms with Gasteiger partial charge in [0.2, 0.25) is 17.7 Å². The SMILES string of the molecule is COCCN(CC(=O)NCC(=O)Nc1ccc(C)cc1)C(=O)Cc1ccccc1. The molecule has 0 radical (unpaired) electrons. The van der Waals surface area contributed by atoms with Crippen LogP contribution in [0.2, 0.25) is 0 Å². The molecule has 0 saturated heterocycles. The number of carbonyl (C=O) groups is 3. The highest BCUT2D eigenvalue weighted by Gasteiger charge is 2.18. The Hall–Kier alpha value is -3.19. The molecule has 2 rings (SSSR count). The van der Waals surface area contributed by atoms with Gasteiger partial charge in [0, 0.05) is 19.3 Å². The van der Waals surface area contributed by atoms with E-state index in [9.17, 15) is 14.4 Å². The van der Waals surface area contributed by atoms with Gasteiger partial charge in [-0.25, -0.2) is 0 Å². The zero-order chi connectivity index (χ0) is 21.1. The van der Waals surface area contributed by atoms with Gasteiger partial charge in [0.05, 0.1) is 26.1 Å². The maximum Gasteiger partial charge on any atom is 0.243 e. The largest absolute Gasteiger partial charge is 0.383 e. The summed E-state index contributed by atoms with van der Waals surface area (Å²) in [5.74, 6) is -0.907. The van der Waals surface area contributed by atoms with Crippen LogP contribution in [0.1, 0.15) is 11.1 Å². The Labute approximate surface area is 171 Å². The first-order valence-electron chi connectivity index (χ1n) is 9.42. The summed E-state index contributed by atoms with van der Waals surface area (Å²) in [6.07, 6.45) is 0.200. The Kier molecular flexibility index (Phi) is 8.85. The number of aryl methyl sites for hydroxylation is 1. The highest BCUT2D eigenvalue weighted by Crippen LogP contribution is 2.08. The summed E-state index contributed by atoms with van der Waals surface area (Å²) >= 11 is 0. The maximum absolute atomic E-state index is 12.6. The molecule has 0 aliphatic carbocycles. The number of benzene rings is 2. The molecule has 0 aromatic heterocycles. The van der Waals surface area contributed by atoms with E-state index in [0.29, 0.717) is 18.8 Å². The van der Waals surface area contributed by atoms with Gasteiger partial charge >= 0.3 is 0 Å². The van der Waals surface area contributed by atoms with E-state index in [-0.39, 0.29) is 31.3 Å². The molecule has 154 valence electrons. The fourth-order valence-electron chi connectivity index (χ4n) is 2.63. The van der Waals surface area contributed by atoms with E-state index in [2.05, 4.69) is 10.6 Å². The second-order valence-electron chi connectivity index (χ2n) is 6.66. The van der Waals surface area contributed by atoms with Crippen molar-refractivity contribution < 1.29 is 19.1 Å². The minimum absolute atomic E-state index is 0.132. The summed E-state index contributed by atoms with van der Waals surface area (Å²) in [5.41, 5.74) is 2.63. The molecule has 0 aliphatic rings. The first-order chi connectivity index (χ1) is 14.0. The number of hydrogen-bond acceptors (Lipinski definition) is 4. The number of nitrogens with zero attached hydrogens (tertiary/aromatic N) is 1. The summed E-state index contributed by atoms with van der Waals surface area (Å²) in [5, 5.41) is 5.27. The van der Waals surface area contributed by atoms with E-state index in [1.807, 2.05) is 49.4 Å². The van der Waals surface area contributed by atoms with Crippen molar-refractivity contribution >= 4 is 23.4 Å². The van der Waals surface area contributed by atoms with E-state index in [1.54, 1.807) is 12.1 Å². The second kappa shape index (κ2) is 11.6. The molecule has 0 bridgehead atoms. The molecule has 3 amide bonds. The van der Waals surface area contributed by atoms with Gasteiger partial charge in [0.1, 0.15) is 0 Å². The van der Waals surface area contributed by atoms with Crippen molar-refractivity contribution in [1.29, 1.82) is 0 Å².